The van der Waals surface area contributed by atoms with E-state index in [0.29, 0.717) is 25.3 Å². The molecule has 2 N–H and O–H groups in total. The van der Waals surface area contributed by atoms with Gasteiger partial charge in [-0.05, 0) is 51.6 Å². The molecule has 7 nitrogen and oxygen atoms in total. The van der Waals surface area contributed by atoms with Crippen molar-refractivity contribution in [3.05, 3.63) is 23.3 Å². The second kappa shape index (κ2) is 7.54. The zero-order valence-electron chi connectivity index (χ0n) is 16.2. The van der Waals surface area contributed by atoms with Crippen molar-refractivity contribution in [1.82, 2.24) is 25.5 Å². The lowest BCUT2D eigenvalue weighted by atomic mass is 9.72. The molecule has 0 saturated carbocycles. The first-order valence-corrected chi connectivity index (χ1v) is 10.1. The Morgan fingerprint density at radius 1 is 1.26 bits per heavy atom. The van der Waals surface area contributed by atoms with Gasteiger partial charge in [0.25, 0.3) is 0 Å². The van der Waals surface area contributed by atoms with Gasteiger partial charge in [0.2, 0.25) is 11.8 Å². The topological polar surface area (TPSA) is 87.2 Å². The van der Waals surface area contributed by atoms with E-state index < -0.39 is 0 Å². The van der Waals surface area contributed by atoms with Gasteiger partial charge in [0, 0.05) is 49.3 Å². The number of nitrogens with zero attached hydrogens (tertiary/aromatic N) is 3. The first kappa shape index (κ1) is 18.3. The van der Waals surface area contributed by atoms with Crippen LogP contribution in [0.3, 0.4) is 0 Å². The van der Waals surface area contributed by atoms with Gasteiger partial charge < -0.3 is 15.5 Å². The number of aryl methyl sites for hydroxylation is 2. The van der Waals surface area contributed by atoms with Crippen molar-refractivity contribution in [3.63, 3.8) is 0 Å². The average Bonchev–Trinajstić information content (AvgIpc) is 2.62. The van der Waals surface area contributed by atoms with E-state index in [2.05, 4.69) is 20.6 Å². The van der Waals surface area contributed by atoms with E-state index in [1.165, 1.54) is 0 Å². The quantitative estimate of drug-likeness (QED) is 0.815. The molecule has 0 aliphatic carbocycles. The summed E-state index contributed by atoms with van der Waals surface area (Å²) in [5.74, 6) is 1.58. The van der Waals surface area contributed by atoms with Gasteiger partial charge in [0.05, 0.1) is 0 Å². The van der Waals surface area contributed by atoms with Crippen LogP contribution in [0.4, 0.5) is 0 Å². The molecule has 4 atom stereocenters. The molecule has 4 rings (SSSR count). The van der Waals surface area contributed by atoms with Gasteiger partial charge in [-0.3, -0.25) is 9.59 Å². The minimum absolute atomic E-state index is 0.0215. The summed E-state index contributed by atoms with van der Waals surface area (Å²) in [4.78, 5) is 36.5. The Hall–Kier alpha value is -2.02. The standard InChI is InChI=1S/C20H29N5O2/c1-12-8-13(2)24-17(23-12)6-7-22-20(27)19-15-9-14(10-21-11-15)16-4-3-5-18(26)25(16)19/h8,14-16,19,21H,3-7,9-11H2,1-2H3,(H,22,27)/t14-,15+,16+,19-/m1/s1. The van der Waals surface area contributed by atoms with Crippen LogP contribution in [-0.4, -0.2) is 58.4 Å². The summed E-state index contributed by atoms with van der Waals surface area (Å²) in [6.45, 7) is 6.17. The molecule has 3 fully saturated rings. The summed E-state index contributed by atoms with van der Waals surface area (Å²) in [6, 6.07) is 1.82. The van der Waals surface area contributed by atoms with E-state index in [1.807, 2.05) is 24.8 Å². The SMILES string of the molecule is Cc1cc(C)nc(CCNC(=O)[C@H]2[C@@H]3CNC[C@@H](C3)[C@@H]3CCCC(=O)N32)n1. The third-order valence-corrected chi connectivity index (χ3v) is 6.19. The first-order chi connectivity index (χ1) is 13.0. The van der Waals surface area contributed by atoms with Crippen LogP contribution < -0.4 is 10.6 Å². The fourth-order valence-corrected chi connectivity index (χ4v) is 5.16. The molecule has 4 heterocycles. The van der Waals surface area contributed by atoms with Gasteiger partial charge >= 0.3 is 0 Å². The number of carbonyl (C=O) groups is 2. The van der Waals surface area contributed by atoms with Gasteiger partial charge in [0.1, 0.15) is 11.9 Å². The lowest BCUT2D eigenvalue weighted by molar-refractivity contribution is -0.157. The zero-order valence-corrected chi connectivity index (χ0v) is 16.2. The smallest absolute Gasteiger partial charge is 0.243 e. The van der Waals surface area contributed by atoms with E-state index in [-0.39, 0.29) is 29.8 Å². The van der Waals surface area contributed by atoms with Crippen LogP contribution in [0.1, 0.15) is 42.9 Å². The van der Waals surface area contributed by atoms with E-state index in [9.17, 15) is 9.59 Å². The molecule has 7 heteroatoms. The summed E-state index contributed by atoms with van der Waals surface area (Å²) in [5, 5.41) is 6.53. The monoisotopic (exact) mass is 371 g/mol. The average molecular weight is 371 g/mol. The number of aromatic nitrogens is 2. The normalized spacial score (nSPS) is 30.0. The van der Waals surface area contributed by atoms with Crippen molar-refractivity contribution in [2.75, 3.05) is 19.6 Å². The highest BCUT2D eigenvalue weighted by Crippen LogP contribution is 2.39. The Labute approximate surface area is 160 Å². The number of amides is 2. The largest absolute Gasteiger partial charge is 0.354 e. The van der Waals surface area contributed by atoms with Crippen LogP contribution in [0.25, 0.3) is 0 Å². The number of rotatable bonds is 4. The van der Waals surface area contributed by atoms with Crippen LogP contribution in [0, 0.1) is 25.7 Å². The highest BCUT2D eigenvalue weighted by atomic mass is 16.2. The second-order valence-corrected chi connectivity index (χ2v) is 8.23. The molecule has 3 aliphatic heterocycles. The molecule has 1 aromatic rings. The van der Waals surface area contributed by atoms with Crippen molar-refractivity contribution in [3.8, 4) is 0 Å². The van der Waals surface area contributed by atoms with Gasteiger partial charge in [-0.25, -0.2) is 9.97 Å². The maximum absolute atomic E-state index is 13.0. The van der Waals surface area contributed by atoms with Gasteiger partial charge in [-0.15, -0.1) is 0 Å². The Morgan fingerprint density at radius 2 is 2.00 bits per heavy atom. The molecule has 3 aliphatic rings. The van der Waals surface area contributed by atoms with Gasteiger partial charge in [-0.1, -0.05) is 0 Å². The minimum Gasteiger partial charge on any atom is -0.354 e. The molecular formula is C20H29N5O2. The lowest BCUT2D eigenvalue weighted by Crippen LogP contribution is -2.68. The van der Waals surface area contributed by atoms with Crippen molar-refractivity contribution in [2.45, 2.75) is 58.0 Å². The van der Waals surface area contributed by atoms with E-state index in [1.54, 1.807) is 0 Å². The van der Waals surface area contributed by atoms with E-state index >= 15 is 0 Å². The van der Waals surface area contributed by atoms with Gasteiger partial charge in [0.15, 0.2) is 0 Å². The Morgan fingerprint density at radius 3 is 2.78 bits per heavy atom. The summed E-state index contributed by atoms with van der Waals surface area (Å²) in [5.41, 5.74) is 1.88. The Kier molecular flexibility index (Phi) is 5.12. The van der Waals surface area contributed by atoms with Crippen molar-refractivity contribution >= 4 is 11.8 Å². The minimum atomic E-state index is -0.341. The summed E-state index contributed by atoms with van der Waals surface area (Å²) in [7, 11) is 0. The van der Waals surface area contributed by atoms with E-state index in [4.69, 9.17) is 0 Å². The summed E-state index contributed by atoms with van der Waals surface area (Å²) < 4.78 is 0. The molecule has 27 heavy (non-hydrogen) atoms. The lowest BCUT2D eigenvalue weighted by Gasteiger charge is -2.53. The predicted molar refractivity (Wildman–Crippen MR) is 101 cm³/mol. The highest BCUT2D eigenvalue weighted by Gasteiger charge is 2.50. The Balaban J connectivity index is 1.43. The fourth-order valence-electron chi connectivity index (χ4n) is 5.16. The van der Waals surface area contributed by atoms with Crippen LogP contribution in [-0.2, 0) is 16.0 Å². The fraction of sp³-hybridized carbons (Fsp3) is 0.700. The highest BCUT2D eigenvalue weighted by molar-refractivity contribution is 5.89. The van der Waals surface area contributed by atoms with Crippen LogP contribution in [0.5, 0.6) is 0 Å². The van der Waals surface area contributed by atoms with Crippen LogP contribution in [0.15, 0.2) is 6.07 Å². The Bertz CT molecular complexity index is 717. The number of piperidine rings is 3. The molecule has 0 radical (unpaired) electrons. The first-order valence-electron chi connectivity index (χ1n) is 10.1. The second-order valence-electron chi connectivity index (χ2n) is 8.23. The van der Waals surface area contributed by atoms with Crippen molar-refractivity contribution < 1.29 is 9.59 Å². The van der Waals surface area contributed by atoms with Crippen LogP contribution in [0.2, 0.25) is 0 Å². The molecule has 0 unspecified atom stereocenters. The third kappa shape index (κ3) is 3.70. The van der Waals surface area contributed by atoms with Crippen LogP contribution >= 0.6 is 0 Å². The molecular weight excluding hydrogens is 342 g/mol. The number of hydrogen-bond acceptors (Lipinski definition) is 5. The maximum atomic E-state index is 13.0. The third-order valence-electron chi connectivity index (χ3n) is 6.19. The molecule has 0 spiro atoms. The summed E-state index contributed by atoms with van der Waals surface area (Å²) in [6.07, 6.45) is 4.18. The summed E-state index contributed by atoms with van der Waals surface area (Å²) >= 11 is 0. The molecule has 146 valence electrons. The molecule has 0 aromatic carbocycles. The molecule has 2 amide bonds. The number of nitrogens with one attached hydrogen (secondary N) is 2. The number of fused-ring (bicyclic) bond motifs is 4. The van der Waals surface area contributed by atoms with E-state index in [0.717, 1.165) is 49.6 Å². The zero-order chi connectivity index (χ0) is 19.0. The maximum Gasteiger partial charge on any atom is 0.243 e. The molecule has 2 bridgehead atoms. The predicted octanol–water partition coefficient (Wildman–Crippen LogP) is 0.741. The number of hydrogen-bond donors (Lipinski definition) is 2. The van der Waals surface area contributed by atoms with Crippen molar-refractivity contribution in [2.24, 2.45) is 11.8 Å². The number of carbonyl (C=O) groups excluding carboxylic acids is 2. The molecule has 3 saturated heterocycles. The van der Waals surface area contributed by atoms with Crippen molar-refractivity contribution in [1.29, 1.82) is 0 Å². The van der Waals surface area contributed by atoms with Gasteiger partial charge in [-0.2, -0.15) is 0 Å². The molecule has 1 aromatic heterocycles.